The zero-order valence-electron chi connectivity index (χ0n) is 9.94. The van der Waals surface area contributed by atoms with E-state index in [1.165, 1.54) is 5.56 Å². The van der Waals surface area contributed by atoms with Crippen LogP contribution in [0.5, 0.6) is 0 Å². The van der Waals surface area contributed by atoms with E-state index in [-0.39, 0.29) is 12.4 Å². The minimum absolute atomic E-state index is 0. The van der Waals surface area contributed by atoms with E-state index in [2.05, 4.69) is 41.2 Å². The van der Waals surface area contributed by atoms with Crippen molar-refractivity contribution in [2.45, 2.75) is 19.8 Å². The number of nitrogens with zero attached hydrogens (tertiary/aromatic N) is 2. The molecule has 0 atom stereocenters. The van der Waals surface area contributed by atoms with Gasteiger partial charge in [-0.05, 0) is 23.6 Å². The Morgan fingerprint density at radius 1 is 1.31 bits per heavy atom. The quantitative estimate of drug-likeness (QED) is 0.859. The zero-order valence-corrected chi connectivity index (χ0v) is 10.8. The van der Waals surface area contributed by atoms with E-state index >= 15 is 0 Å². The number of rotatable bonds is 2. The summed E-state index contributed by atoms with van der Waals surface area (Å²) in [5, 5.41) is 3.35. The second kappa shape index (κ2) is 6.06. The molecule has 4 heteroatoms. The van der Waals surface area contributed by atoms with Crippen molar-refractivity contribution in [3.63, 3.8) is 0 Å². The maximum absolute atomic E-state index is 4.44. The van der Waals surface area contributed by atoms with Crippen LogP contribution in [0.3, 0.4) is 0 Å². The summed E-state index contributed by atoms with van der Waals surface area (Å²) in [6, 6.07) is 4.33. The molecule has 16 heavy (non-hydrogen) atoms. The van der Waals surface area contributed by atoms with Gasteiger partial charge in [-0.25, -0.2) is 4.98 Å². The molecule has 1 aromatic heterocycles. The molecule has 0 spiro atoms. The number of hydrogen-bond donors (Lipinski definition) is 1. The van der Waals surface area contributed by atoms with Crippen molar-refractivity contribution in [3.8, 4) is 0 Å². The van der Waals surface area contributed by atoms with Crippen molar-refractivity contribution in [2.24, 2.45) is 0 Å². The minimum atomic E-state index is 0. The third-order valence-corrected chi connectivity index (χ3v) is 2.88. The van der Waals surface area contributed by atoms with Crippen molar-refractivity contribution < 1.29 is 0 Å². The van der Waals surface area contributed by atoms with Crippen LogP contribution in [-0.4, -0.2) is 31.2 Å². The van der Waals surface area contributed by atoms with Gasteiger partial charge in [0.2, 0.25) is 0 Å². The summed E-state index contributed by atoms with van der Waals surface area (Å²) < 4.78 is 0. The summed E-state index contributed by atoms with van der Waals surface area (Å²) >= 11 is 0. The van der Waals surface area contributed by atoms with Crippen LogP contribution in [0.1, 0.15) is 25.3 Å². The lowest BCUT2D eigenvalue weighted by molar-refractivity contribution is 0.584. The molecule has 0 saturated carbocycles. The van der Waals surface area contributed by atoms with Gasteiger partial charge in [-0.1, -0.05) is 13.8 Å². The molecule has 0 aliphatic carbocycles. The first-order valence-electron chi connectivity index (χ1n) is 5.69. The summed E-state index contributed by atoms with van der Waals surface area (Å²) in [7, 11) is 0. The average Bonchev–Trinajstić information content (AvgIpc) is 2.30. The van der Waals surface area contributed by atoms with E-state index in [9.17, 15) is 0 Å². The Labute approximate surface area is 104 Å². The molecule has 1 N–H and O–H groups in total. The number of pyridine rings is 1. The van der Waals surface area contributed by atoms with Crippen LogP contribution in [0.4, 0.5) is 5.82 Å². The summed E-state index contributed by atoms with van der Waals surface area (Å²) in [6.07, 6.45) is 1.92. The van der Waals surface area contributed by atoms with E-state index < -0.39 is 0 Å². The van der Waals surface area contributed by atoms with Crippen molar-refractivity contribution in [2.75, 3.05) is 31.1 Å². The number of halogens is 1. The topological polar surface area (TPSA) is 28.2 Å². The van der Waals surface area contributed by atoms with Gasteiger partial charge in [-0.3, -0.25) is 0 Å². The van der Waals surface area contributed by atoms with Gasteiger partial charge in [-0.15, -0.1) is 12.4 Å². The number of hydrogen-bond acceptors (Lipinski definition) is 3. The van der Waals surface area contributed by atoms with Gasteiger partial charge in [0.15, 0.2) is 0 Å². The smallest absolute Gasteiger partial charge is 0.128 e. The maximum Gasteiger partial charge on any atom is 0.128 e. The van der Waals surface area contributed by atoms with Crippen LogP contribution >= 0.6 is 12.4 Å². The molecule has 1 aromatic rings. The summed E-state index contributed by atoms with van der Waals surface area (Å²) in [5.74, 6) is 1.71. The molecule has 0 bridgehead atoms. The number of piperazine rings is 1. The molecule has 0 amide bonds. The van der Waals surface area contributed by atoms with Gasteiger partial charge < -0.3 is 10.2 Å². The number of anilines is 1. The fourth-order valence-electron chi connectivity index (χ4n) is 1.86. The second-order valence-corrected chi connectivity index (χ2v) is 4.34. The Morgan fingerprint density at radius 2 is 2.00 bits per heavy atom. The molecular weight excluding hydrogens is 222 g/mol. The van der Waals surface area contributed by atoms with E-state index in [1.807, 2.05) is 6.20 Å². The molecule has 1 aliphatic rings. The Balaban J connectivity index is 0.00000128. The highest BCUT2D eigenvalue weighted by Gasteiger charge is 2.12. The fourth-order valence-corrected chi connectivity index (χ4v) is 1.86. The lowest BCUT2D eigenvalue weighted by Crippen LogP contribution is -2.43. The first-order valence-corrected chi connectivity index (χ1v) is 5.69. The van der Waals surface area contributed by atoms with Gasteiger partial charge in [0, 0.05) is 32.4 Å². The van der Waals surface area contributed by atoms with Crippen molar-refractivity contribution in [3.05, 3.63) is 23.9 Å². The molecule has 2 rings (SSSR count). The van der Waals surface area contributed by atoms with Gasteiger partial charge in [0.1, 0.15) is 5.82 Å². The molecular formula is C12H20ClN3. The molecule has 2 heterocycles. The van der Waals surface area contributed by atoms with Crippen LogP contribution in [0, 0.1) is 0 Å². The van der Waals surface area contributed by atoms with Gasteiger partial charge in [0.05, 0.1) is 0 Å². The van der Waals surface area contributed by atoms with Crippen LogP contribution in [0.15, 0.2) is 18.3 Å². The predicted octanol–water partition coefficient (Wildman–Crippen LogP) is 2.04. The highest BCUT2D eigenvalue weighted by molar-refractivity contribution is 5.85. The van der Waals surface area contributed by atoms with Crippen LogP contribution in [0.2, 0.25) is 0 Å². The van der Waals surface area contributed by atoms with Crippen LogP contribution < -0.4 is 10.2 Å². The van der Waals surface area contributed by atoms with E-state index in [0.717, 1.165) is 32.0 Å². The lowest BCUT2D eigenvalue weighted by Gasteiger charge is -2.28. The minimum Gasteiger partial charge on any atom is -0.354 e. The van der Waals surface area contributed by atoms with Crippen molar-refractivity contribution in [1.29, 1.82) is 0 Å². The standard InChI is InChI=1S/C12H19N3.ClH/c1-10(2)11-3-4-14-12(9-11)15-7-5-13-6-8-15;/h3-4,9-10,13H,5-8H2,1-2H3;1H. The predicted molar refractivity (Wildman–Crippen MR) is 70.7 cm³/mol. The average molecular weight is 242 g/mol. The monoisotopic (exact) mass is 241 g/mol. The molecule has 90 valence electrons. The fraction of sp³-hybridized carbons (Fsp3) is 0.583. The largest absolute Gasteiger partial charge is 0.354 e. The summed E-state index contributed by atoms with van der Waals surface area (Å²) in [5.41, 5.74) is 1.37. The first-order chi connectivity index (χ1) is 7.27. The molecule has 0 aromatic carbocycles. The molecule has 1 aliphatic heterocycles. The van der Waals surface area contributed by atoms with E-state index in [1.54, 1.807) is 0 Å². The molecule has 1 saturated heterocycles. The van der Waals surface area contributed by atoms with Crippen LogP contribution in [0.25, 0.3) is 0 Å². The second-order valence-electron chi connectivity index (χ2n) is 4.34. The summed E-state index contributed by atoms with van der Waals surface area (Å²) in [4.78, 5) is 6.79. The number of nitrogens with one attached hydrogen (secondary N) is 1. The van der Waals surface area contributed by atoms with Gasteiger partial charge in [0.25, 0.3) is 0 Å². The Bertz CT molecular complexity index is 322. The summed E-state index contributed by atoms with van der Waals surface area (Å²) in [6.45, 7) is 8.69. The highest BCUT2D eigenvalue weighted by atomic mass is 35.5. The normalized spacial score (nSPS) is 16.1. The molecule has 0 unspecified atom stereocenters. The Morgan fingerprint density at radius 3 is 2.62 bits per heavy atom. The first kappa shape index (κ1) is 13.3. The zero-order chi connectivity index (χ0) is 10.7. The van der Waals surface area contributed by atoms with Gasteiger partial charge >= 0.3 is 0 Å². The lowest BCUT2D eigenvalue weighted by atomic mass is 10.1. The Hall–Kier alpha value is -0.800. The number of aromatic nitrogens is 1. The third-order valence-electron chi connectivity index (χ3n) is 2.88. The maximum atomic E-state index is 4.44. The third kappa shape index (κ3) is 3.09. The Kier molecular flexibility index (Phi) is 5.03. The van der Waals surface area contributed by atoms with Crippen LogP contribution in [-0.2, 0) is 0 Å². The van der Waals surface area contributed by atoms with E-state index in [4.69, 9.17) is 0 Å². The SMILES string of the molecule is CC(C)c1ccnc(N2CCNCC2)c1.Cl. The van der Waals surface area contributed by atoms with Crippen molar-refractivity contribution in [1.82, 2.24) is 10.3 Å². The molecule has 3 nitrogen and oxygen atoms in total. The van der Waals surface area contributed by atoms with E-state index in [0.29, 0.717) is 5.92 Å². The van der Waals surface area contributed by atoms with Crippen molar-refractivity contribution >= 4 is 18.2 Å². The highest BCUT2D eigenvalue weighted by Crippen LogP contribution is 2.19. The molecule has 0 radical (unpaired) electrons. The van der Waals surface area contributed by atoms with Gasteiger partial charge in [-0.2, -0.15) is 0 Å². The molecule has 1 fully saturated rings.